The molecule has 2 aliphatic heterocycles. The normalized spacial score (nSPS) is 23.4. The summed E-state index contributed by atoms with van der Waals surface area (Å²) in [5.41, 5.74) is 0. The second-order valence-electron chi connectivity index (χ2n) is 8.24. The molecule has 0 unspecified atom stereocenters. The monoisotopic (exact) mass is 430 g/mol. The first-order chi connectivity index (χ1) is 14.9. The van der Waals surface area contributed by atoms with Crippen LogP contribution in [0.2, 0.25) is 0 Å². The zero-order valence-corrected chi connectivity index (χ0v) is 18.5. The van der Waals surface area contributed by atoms with Crippen molar-refractivity contribution in [3.05, 3.63) is 48.5 Å². The number of methoxy groups -OCH3 is 2. The first kappa shape index (κ1) is 21.9. The molecule has 2 heterocycles. The largest absolute Gasteiger partial charge is 0.463 e. The minimum Gasteiger partial charge on any atom is -0.463 e. The second kappa shape index (κ2) is 9.04. The van der Waals surface area contributed by atoms with Crippen LogP contribution in [0.1, 0.15) is 26.7 Å². The molecular formula is C24H30O7. The minimum atomic E-state index is -0.721. The van der Waals surface area contributed by atoms with Gasteiger partial charge < -0.3 is 33.2 Å². The van der Waals surface area contributed by atoms with Crippen molar-refractivity contribution in [2.45, 2.75) is 50.5 Å². The first-order valence-corrected chi connectivity index (χ1v) is 10.5. The van der Waals surface area contributed by atoms with E-state index in [9.17, 15) is 0 Å². The van der Waals surface area contributed by atoms with Crippen LogP contribution in [0, 0.1) is 0 Å². The van der Waals surface area contributed by atoms with Crippen molar-refractivity contribution in [2.24, 2.45) is 0 Å². The molecule has 7 nitrogen and oxygen atoms in total. The van der Waals surface area contributed by atoms with Crippen LogP contribution in [0.15, 0.2) is 48.5 Å². The van der Waals surface area contributed by atoms with Crippen LogP contribution in [0.3, 0.4) is 0 Å². The molecule has 0 bridgehead atoms. The molecule has 2 aromatic carbocycles. The molecule has 0 aliphatic carbocycles. The molecule has 31 heavy (non-hydrogen) atoms. The fraction of sp³-hybridized carbons (Fsp3) is 0.500. The SMILES string of the molecule is CO[C@](C)(C[C@H]1CO1)Oc1ccc(Oc2ccc(O[C@@](C)(C[C@H]3CO3)OC)cc2)cc1. The van der Waals surface area contributed by atoms with Gasteiger partial charge in [-0.1, -0.05) is 0 Å². The van der Waals surface area contributed by atoms with Gasteiger partial charge >= 0.3 is 0 Å². The van der Waals surface area contributed by atoms with Gasteiger partial charge in [0, 0.05) is 40.9 Å². The molecule has 0 amide bonds. The van der Waals surface area contributed by atoms with Crippen LogP contribution in [0.25, 0.3) is 0 Å². The molecule has 2 aliphatic rings. The summed E-state index contributed by atoms with van der Waals surface area (Å²) in [5.74, 6) is 1.39. The molecule has 0 saturated carbocycles. The van der Waals surface area contributed by atoms with Crippen molar-refractivity contribution in [1.82, 2.24) is 0 Å². The zero-order valence-electron chi connectivity index (χ0n) is 18.5. The van der Waals surface area contributed by atoms with E-state index >= 15 is 0 Å². The summed E-state index contributed by atoms with van der Waals surface area (Å²) >= 11 is 0. The van der Waals surface area contributed by atoms with Gasteiger partial charge in [0.1, 0.15) is 23.0 Å². The second-order valence-corrected chi connectivity index (χ2v) is 8.24. The molecule has 7 heteroatoms. The van der Waals surface area contributed by atoms with Crippen LogP contribution < -0.4 is 14.2 Å². The van der Waals surface area contributed by atoms with Crippen LogP contribution in [0.5, 0.6) is 23.0 Å². The Hall–Kier alpha value is -2.32. The van der Waals surface area contributed by atoms with Gasteiger partial charge in [0.25, 0.3) is 0 Å². The molecule has 168 valence electrons. The highest BCUT2D eigenvalue weighted by Crippen LogP contribution is 2.32. The third kappa shape index (κ3) is 6.33. The minimum absolute atomic E-state index is 0.211. The Labute approximate surface area is 183 Å². The van der Waals surface area contributed by atoms with E-state index in [0.717, 1.165) is 13.2 Å². The van der Waals surface area contributed by atoms with Crippen molar-refractivity contribution in [3.63, 3.8) is 0 Å². The molecule has 0 spiro atoms. The van der Waals surface area contributed by atoms with Gasteiger partial charge in [0.05, 0.1) is 25.4 Å². The zero-order chi connectivity index (χ0) is 21.9. The number of hydrogen-bond acceptors (Lipinski definition) is 7. The predicted octanol–water partition coefficient (Wildman–Crippen LogP) is 4.54. The highest BCUT2D eigenvalue weighted by molar-refractivity contribution is 5.37. The quantitative estimate of drug-likeness (QED) is 0.362. The van der Waals surface area contributed by atoms with Gasteiger partial charge in [-0.2, -0.15) is 0 Å². The maximum Gasteiger partial charge on any atom is 0.210 e. The first-order valence-electron chi connectivity index (χ1n) is 10.5. The van der Waals surface area contributed by atoms with Crippen molar-refractivity contribution in [1.29, 1.82) is 0 Å². The third-order valence-electron chi connectivity index (χ3n) is 5.42. The Kier molecular flexibility index (Phi) is 6.39. The lowest BCUT2D eigenvalue weighted by atomic mass is 10.1. The van der Waals surface area contributed by atoms with Crippen molar-refractivity contribution in [2.75, 3.05) is 27.4 Å². The van der Waals surface area contributed by atoms with Crippen LogP contribution in [0.4, 0.5) is 0 Å². The Morgan fingerprint density at radius 1 is 0.677 bits per heavy atom. The average Bonchev–Trinajstić information content (AvgIpc) is 3.69. The lowest BCUT2D eigenvalue weighted by Gasteiger charge is -2.28. The molecule has 2 fully saturated rings. The predicted molar refractivity (Wildman–Crippen MR) is 114 cm³/mol. The van der Waals surface area contributed by atoms with Gasteiger partial charge in [-0.3, -0.25) is 0 Å². The van der Waals surface area contributed by atoms with E-state index in [2.05, 4.69) is 0 Å². The van der Waals surface area contributed by atoms with Gasteiger partial charge in [-0.15, -0.1) is 0 Å². The molecular weight excluding hydrogens is 400 g/mol. The topological polar surface area (TPSA) is 71.2 Å². The lowest BCUT2D eigenvalue weighted by molar-refractivity contribution is -0.157. The van der Waals surface area contributed by atoms with E-state index in [0.29, 0.717) is 35.8 Å². The number of hydrogen-bond donors (Lipinski definition) is 0. The Morgan fingerprint density at radius 3 is 1.29 bits per heavy atom. The maximum atomic E-state index is 6.02. The van der Waals surface area contributed by atoms with E-state index in [1.807, 2.05) is 62.4 Å². The Balaban J connectivity index is 1.32. The van der Waals surface area contributed by atoms with E-state index in [1.165, 1.54) is 0 Å². The van der Waals surface area contributed by atoms with E-state index in [-0.39, 0.29) is 12.2 Å². The standard InChI is InChI=1S/C24H30O7/c1-23(25-3,13-21-15-27-21)30-19-9-5-17(6-10-19)29-18-7-11-20(12-8-18)31-24(2,26-4)14-22-16-28-22/h5-12,21-22H,13-16H2,1-4H3/t21-,22-,23-,24-/m0/s1. The smallest absolute Gasteiger partial charge is 0.210 e. The van der Waals surface area contributed by atoms with Crippen molar-refractivity contribution in [3.8, 4) is 23.0 Å². The highest BCUT2D eigenvalue weighted by Gasteiger charge is 2.37. The fourth-order valence-electron chi connectivity index (χ4n) is 3.32. The van der Waals surface area contributed by atoms with Gasteiger partial charge in [0.15, 0.2) is 0 Å². The summed E-state index contributed by atoms with van der Waals surface area (Å²) in [6, 6.07) is 14.9. The van der Waals surface area contributed by atoms with Crippen LogP contribution in [-0.2, 0) is 18.9 Å². The lowest BCUT2D eigenvalue weighted by Crippen LogP contribution is -2.36. The summed E-state index contributed by atoms with van der Waals surface area (Å²) < 4.78 is 39.6. The molecule has 0 N–H and O–H groups in total. The number of benzene rings is 2. The van der Waals surface area contributed by atoms with Crippen molar-refractivity contribution >= 4 is 0 Å². The van der Waals surface area contributed by atoms with Gasteiger partial charge in [-0.05, 0) is 48.5 Å². The molecule has 4 rings (SSSR count). The summed E-state index contributed by atoms with van der Waals surface area (Å²) in [5, 5.41) is 0. The van der Waals surface area contributed by atoms with Crippen LogP contribution in [-0.4, -0.2) is 51.2 Å². The molecule has 0 radical (unpaired) electrons. The number of rotatable bonds is 12. The summed E-state index contributed by atoms with van der Waals surface area (Å²) in [6.45, 7) is 5.35. The third-order valence-corrected chi connectivity index (χ3v) is 5.42. The van der Waals surface area contributed by atoms with Crippen LogP contribution >= 0.6 is 0 Å². The van der Waals surface area contributed by atoms with E-state index in [1.54, 1.807) is 14.2 Å². The van der Waals surface area contributed by atoms with Crippen molar-refractivity contribution < 1.29 is 33.2 Å². The van der Waals surface area contributed by atoms with E-state index in [4.69, 9.17) is 33.2 Å². The number of ether oxygens (including phenoxy) is 7. The highest BCUT2D eigenvalue weighted by atomic mass is 16.7. The summed E-state index contributed by atoms with van der Waals surface area (Å²) in [6.07, 6.45) is 1.80. The Bertz CT molecular complexity index is 774. The molecule has 4 atom stereocenters. The fourth-order valence-corrected chi connectivity index (χ4v) is 3.32. The van der Waals surface area contributed by atoms with Gasteiger partial charge in [0.2, 0.25) is 11.6 Å². The average molecular weight is 430 g/mol. The molecule has 0 aromatic heterocycles. The summed E-state index contributed by atoms with van der Waals surface area (Å²) in [4.78, 5) is 0. The molecule has 2 aromatic rings. The van der Waals surface area contributed by atoms with E-state index < -0.39 is 11.6 Å². The summed E-state index contributed by atoms with van der Waals surface area (Å²) in [7, 11) is 3.28. The number of epoxide rings is 2. The Morgan fingerprint density at radius 2 is 1.00 bits per heavy atom. The maximum absolute atomic E-state index is 6.02. The van der Waals surface area contributed by atoms with Gasteiger partial charge in [-0.25, -0.2) is 0 Å². The molecule has 2 saturated heterocycles.